The molecule has 1 aromatic heterocycles. The van der Waals surface area contributed by atoms with E-state index in [9.17, 15) is 9.59 Å². The second-order valence-electron chi connectivity index (χ2n) is 5.42. The van der Waals surface area contributed by atoms with Gasteiger partial charge in [-0.1, -0.05) is 6.42 Å². The van der Waals surface area contributed by atoms with Gasteiger partial charge in [0.05, 0.1) is 12.1 Å². The van der Waals surface area contributed by atoms with Crippen LogP contribution >= 0.6 is 11.3 Å². The van der Waals surface area contributed by atoms with Gasteiger partial charge in [-0.25, -0.2) is 0 Å². The monoisotopic (exact) mass is 310 g/mol. The average Bonchev–Trinajstić information content (AvgIpc) is 2.87. The summed E-state index contributed by atoms with van der Waals surface area (Å²) in [5, 5.41) is 8.48. The highest BCUT2D eigenvalue weighted by Crippen LogP contribution is 2.22. The van der Waals surface area contributed by atoms with Crippen molar-refractivity contribution in [1.29, 1.82) is 0 Å². The fraction of sp³-hybridized carbons (Fsp3) is 0.571. The minimum atomic E-state index is -0.522. The van der Waals surface area contributed by atoms with Gasteiger partial charge in [-0.15, -0.1) is 11.3 Å². The predicted octanol–water partition coefficient (Wildman–Crippen LogP) is 0.859. The van der Waals surface area contributed by atoms with Gasteiger partial charge in [-0.3, -0.25) is 14.5 Å². The molecule has 1 aliphatic heterocycles. The number of hydrogen-bond donors (Lipinski definition) is 3. The summed E-state index contributed by atoms with van der Waals surface area (Å²) < 4.78 is 0. The van der Waals surface area contributed by atoms with E-state index < -0.39 is 5.91 Å². The van der Waals surface area contributed by atoms with Gasteiger partial charge in [0.1, 0.15) is 5.00 Å². The number of hydrogen-bond acceptors (Lipinski definition) is 5. The molecule has 0 spiro atoms. The average molecular weight is 310 g/mol. The first kappa shape index (κ1) is 15.9. The number of nitrogens with zero attached hydrogens (tertiary/aromatic N) is 1. The van der Waals surface area contributed by atoms with Gasteiger partial charge in [0.2, 0.25) is 5.91 Å². The molecule has 1 aromatic rings. The second kappa shape index (κ2) is 7.53. The number of carbonyl (C=O) groups is 2. The summed E-state index contributed by atoms with van der Waals surface area (Å²) in [7, 11) is 1.93. The maximum absolute atomic E-state index is 12.0. The summed E-state index contributed by atoms with van der Waals surface area (Å²) in [6, 6.07) is 2.08. The first-order chi connectivity index (χ1) is 10.1. The summed E-state index contributed by atoms with van der Waals surface area (Å²) in [5.74, 6) is -0.649. The number of nitrogens with two attached hydrogens (primary N) is 1. The molecule has 1 atom stereocenters. The van der Waals surface area contributed by atoms with E-state index in [4.69, 9.17) is 5.73 Å². The van der Waals surface area contributed by atoms with Crippen molar-refractivity contribution in [2.24, 2.45) is 5.73 Å². The van der Waals surface area contributed by atoms with E-state index in [0.717, 1.165) is 19.5 Å². The Labute approximate surface area is 128 Å². The van der Waals surface area contributed by atoms with Gasteiger partial charge in [-0.2, -0.15) is 0 Å². The molecule has 7 heteroatoms. The highest BCUT2D eigenvalue weighted by molar-refractivity contribution is 7.14. The molecular formula is C14H22N4O2S. The van der Waals surface area contributed by atoms with Crippen molar-refractivity contribution in [2.45, 2.75) is 25.3 Å². The van der Waals surface area contributed by atoms with Crippen molar-refractivity contribution in [3.63, 3.8) is 0 Å². The van der Waals surface area contributed by atoms with E-state index in [0.29, 0.717) is 23.2 Å². The van der Waals surface area contributed by atoms with E-state index in [-0.39, 0.29) is 5.91 Å². The number of nitrogens with one attached hydrogen (secondary N) is 2. The largest absolute Gasteiger partial charge is 0.366 e. The fourth-order valence-corrected chi connectivity index (χ4v) is 3.34. The summed E-state index contributed by atoms with van der Waals surface area (Å²) in [6.45, 7) is 2.21. The minimum Gasteiger partial charge on any atom is -0.366 e. The van der Waals surface area contributed by atoms with Crippen LogP contribution in [0.2, 0.25) is 0 Å². The molecule has 2 amide bonds. The normalized spacial score (nSPS) is 18.7. The Morgan fingerprint density at radius 1 is 1.52 bits per heavy atom. The Kier molecular flexibility index (Phi) is 5.72. The van der Waals surface area contributed by atoms with Crippen LogP contribution < -0.4 is 16.4 Å². The lowest BCUT2D eigenvalue weighted by Gasteiger charge is -2.27. The fourth-order valence-electron chi connectivity index (χ4n) is 2.53. The molecular weight excluding hydrogens is 288 g/mol. The molecule has 116 valence electrons. The van der Waals surface area contributed by atoms with Gasteiger partial charge in [0.15, 0.2) is 0 Å². The molecule has 0 radical (unpaired) electrons. The van der Waals surface area contributed by atoms with Crippen molar-refractivity contribution in [1.82, 2.24) is 10.2 Å². The predicted molar refractivity (Wildman–Crippen MR) is 84.6 cm³/mol. The van der Waals surface area contributed by atoms with Crippen LogP contribution in [0.5, 0.6) is 0 Å². The first-order valence-corrected chi connectivity index (χ1v) is 8.03. The molecule has 1 unspecified atom stereocenters. The zero-order valence-corrected chi connectivity index (χ0v) is 13.0. The summed E-state index contributed by atoms with van der Waals surface area (Å²) in [4.78, 5) is 25.2. The Balaban J connectivity index is 1.80. The number of anilines is 1. The quantitative estimate of drug-likeness (QED) is 0.727. The van der Waals surface area contributed by atoms with Crippen molar-refractivity contribution >= 4 is 28.2 Å². The van der Waals surface area contributed by atoms with E-state index in [1.807, 2.05) is 11.9 Å². The topological polar surface area (TPSA) is 87.5 Å². The summed E-state index contributed by atoms with van der Waals surface area (Å²) in [5.41, 5.74) is 5.62. The highest BCUT2D eigenvalue weighted by Gasteiger charge is 2.17. The third-order valence-corrected chi connectivity index (χ3v) is 4.37. The molecule has 0 aromatic carbocycles. The SMILES string of the molecule is CN(CC(=O)Nc1sccc1C(N)=O)CC1CCCCN1. The maximum atomic E-state index is 12.0. The third-order valence-electron chi connectivity index (χ3n) is 3.54. The maximum Gasteiger partial charge on any atom is 0.251 e. The van der Waals surface area contributed by atoms with Crippen molar-refractivity contribution < 1.29 is 9.59 Å². The Bertz CT molecular complexity index is 497. The molecule has 1 saturated heterocycles. The Morgan fingerprint density at radius 3 is 3.00 bits per heavy atom. The van der Waals surface area contributed by atoms with E-state index in [1.54, 1.807) is 11.4 Å². The number of amides is 2. The van der Waals surface area contributed by atoms with Crippen LogP contribution in [0.25, 0.3) is 0 Å². The lowest BCUT2D eigenvalue weighted by molar-refractivity contribution is -0.117. The van der Waals surface area contributed by atoms with E-state index >= 15 is 0 Å². The first-order valence-electron chi connectivity index (χ1n) is 7.15. The van der Waals surface area contributed by atoms with Gasteiger partial charge in [0, 0.05) is 12.6 Å². The number of rotatable bonds is 6. The standard InChI is InChI=1S/C14H22N4O2S/c1-18(8-10-4-2-3-6-16-10)9-12(19)17-14-11(13(15)20)5-7-21-14/h5,7,10,16H,2-4,6,8-9H2,1H3,(H2,15,20)(H,17,19). The minimum absolute atomic E-state index is 0.127. The highest BCUT2D eigenvalue weighted by atomic mass is 32.1. The van der Waals surface area contributed by atoms with Crippen LogP contribution in [-0.4, -0.2) is 49.4 Å². The number of carbonyl (C=O) groups excluding carboxylic acids is 2. The van der Waals surface area contributed by atoms with Gasteiger partial charge in [-0.05, 0) is 37.9 Å². The molecule has 2 heterocycles. The van der Waals surface area contributed by atoms with E-state index in [2.05, 4.69) is 10.6 Å². The van der Waals surface area contributed by atoms with Crippen LogP contribution in [0.1, 0.15) is 29.6 Å². The lowest BCUT2D eigenvalue weighted by atomic mass is 10.0. The van der Waals surface area contributed by atoms with Crippen molar-refractivity contribution in [2.75, 3.05) is 32.0 Å². The van der Waals surface area contributed by atoms with Crippen LogP contribution in [0.15, 0.2) is 11.4 Å². The number of thiophene rings is 1. The van der Waals surface area contributed by atoms with E-state index in [1.165, 1.54) is 24.2 Å². The number of primary amides is 1. The lowest BCUT2D eigenvalue weighted by Crippen LogP contribution is -2.44. The van der Waals surface area contributed by atoms with Crippen LogP contribution in [0.3, 0.4) is 0 Å². The molecule has 1 fully saturated rings. The van der Waals surface area contributed by atoms with Crippen molar-refractivity contribution in [3.8, 4) is 0 Å². The smallest absolute Gasteiger partial charge is 0.251 e. The zero-order chi connectivity index (χ0) is 15.2. The number of likely N-dealkylation sites (N-methyl/N-ethyl adjacent to an activating group) is 1. The van der Waals surface area contributed by atoms with Crippen LogP contribution in [0, 0.1) is 0 Å². The molecule has 1 aliphatic rings. The van der Waals surface area contributed by atoms with Crippen molar-refractivity contribution in [3.05, 3.63) is 17.0 Å². The molecule has 2 rings (SSSR count). The van der Waals surface area contributed by atoms with Gasteiger partial charge < -0.3 is 16.4 Å². The molecule has 0 saturated carbocycles. The van der Waals surface area contributed by atoms with Crippen LogP contribution in [-0.2, 0) is 4.79 Å². The molecule has 6 nitrogen and oxygen atoms in total. The summed E-state index contributed by atoms with van der Waals surface area (Å²) >= 11 is 1.31. The molecule has 0 bridgehead atoms. The summed E-state index contributed by atoms with van der Waals surface area (Å²) in [6.07, 6.45) is 3.63. The van der Waals surface area contributed by atoms with Crippen LogP contribution in [0.4, 0.5) is 5.00 Å². The molecule has 4 N–H and O–H groups in total. The van der Waals surface area contributed by atoms with Gasteiger partial charge >= 0.3 is 0 Å². The second-order valence-corrected chi connectivity index (χ2v) is 6.34. The number of piperidine rings is 1. The third kappa shape index (κ3) is 4.80. The van der Waals surface area contributed by atoms with Gasteiger partial charge in [0.25, 0.3) is 5.91 Å². The zero-order valence-electron chi connectivity index (χ0n) is 12.2. The Hall–Kier alpha value is -1.44. The molecule has 0 aliphatic carbocycles. The molecule has 21 heavy (non-hydrogen) atoms. The Morgan fingerprint density at radius 2 is 2.33 bits per heavy atom.